The highest BCUT2D eigenvalue weighted by Gasteiger charge is 2.26. The molecule has 178 valence electrons. The molecular weight excluding hydrogens is 481 g/mol. The molecule has 0 bridgehead atoms. The predicted molar refractivity (Wildman–Crippen MR) is 134 cm³/mol. The fraction of sp³-hybridized carbons (Fsp3) is 0.435. The molecule has 0 unspecified atom stereocenters. The van der Waals surface area contributed by atoms with Crippen molar-refractivity contribution in [2.75, 3.05) is 39.3 Å². The Morgan fingerprint density at radius 3 is 2.48 bits per heavy atom. The summed E-state index contributed by atoms with van der Waals surface area (Å²) >= 11 is 7.76. The van der Waals surface area contributed by atoms with E-state index in [-0.39, 0.29) is 24.9 Å². The Hall–Kier alpha value is -1.97. The second kappa shape index (κ2) is 11.0. The van der Waals surface area contributed by atoms with Gasteiger partial charge in [-0.2, -0.15) is 5.10 Å². The molecule has 1 N–H and O–H groups in total. The Morgan fingerprint density at radius 2 is 1.82 bits per heavy atom. The highest BCUT2D eigenvalue weighted by Crippen LogP contribution is 2.28. The molecule has 1 aliphatic rings. The molecule has 0 spiro atoms. The fourth-order valence-electron chi connectivity index (χ4n) is 4.08. The van der Waals surface area contributed by atoms with Gasteiger partial charge in [0.1, 0.15) is 4.88 Å². The van der Waals surface area contributed by atoms with E-state index in [1.165, 1.54) is 11.3 Å². The van der Waals surface area contributed by atoms with Gasteiger partial charge in [0.2, 0.25) is 5.13 Å². The monoisotopic (exact) mass is 509 g/mol. The highest BCUT2D eigenvalue weighted by molar-refractivity contribution is 7.16. The Labute approximate surface area is 209 Å². The number of hydrogen-bond acceptors (Lipinski definition) is 6. The van der Waals surface area contributed by atoms with Crippen LogP contribution in [0, 0.1) is 20.8 Å². The molecule has 0 radical (unpaired) electrons. The zero-order chi connectivity index (χ0) is 22.8. The molecule has 4 rings (SSSR count). The molecule has 0 atom stereocenters. The lowest BCUT2D eigenvalue weighted by atomic mass is 10.0. The van der Waals surface area contributed by atoms with Crippen molar-refractivity contribution < 1.29 is 9.90 Å². The molecule has 1 fully saturated rings. The number of aromatic nitrogens is 3. The van der Waals surface area contributed by atoms with Crippen molar-refractivity contribution in [3.05, 3.63) is 62.4 Å². The number of halogens is 2. The van der Waals surface area contributed by atoms with Gasteiger partial charge in [-0.15, -0.1) is 12.4 Å². The summed E-state index contributed by atoms with van der Waals surface area (Å²) in [5.74, 6) is 0.0210. The highest BCUT2D eigenvalue weighted by atomic mass is 35.5. The molecule has 1 saturated heterocycles. The zero-order valence-corrected chi connectivity index (χ0v) is 21.4. The van der Waals surface area contributed by atoms with Gasteiger partial charge in [0, 0.05) is 55.4 Å². The summed E-state index contributed by atoms with van der Waals surface area (Å²) in [6.45, 7) is 9.58. The first-order chi connectivity index (χ1) is 15.4. The summed E-state index contributed by atoms with van der Waals surface area (Å²) in [5, 5.41) is 15.3. The zero-order valence-electron chi connectivity index (χ0n) is 19.0. The lowest BCUT2D eigenvalue weighted by Gasteiger charge is -2.34. The van der Waals surface area contributed by atoms with Crippen molar-refractivity contribution in [1.82, 2.24) is 24.6 Å². The first-order valence-corrected chi connectivity index (χ1v) is 12.0. The standard InChI is InChI=1S/C23H28ClN5O2S.ClH/c1-15-19(14-18-6-4-5-7-20(18)24)17(3)29(26-15)23-25-16(2)21(32-23)22(31)28-10-8-27(9-11-28)12-13-30;/h4-7,30H,8-14H2,1-3H3;1H. The number of aryl methyl sites for hydroxylation is 2. The molecule has 3 aromatic rings. The van der Waals surface area contributed by atoms with Crippen LogP contribution in [-0.4, -0.2) is 74.9 Å². The second-order valence-corrected chi connectivity index (χ2v) is 9.48. The summed E-state index contributed by atoms with van der Waals surface area (Å²) in [6.07, 6.45) is 0.700. The number of carbonyl (C=O) groups is 1. The Bertz CT molecular complexity index is 1120. The topological polar surface area (TPSA) is 74.5 Å². The number of rotatable bonds is 6. The van der Waals surface area contributed by atoms with Crippen LogP contribution in [-0.2, 0) is 6.42 Å². The molecular formula is C23H29Cl2N5O2S. The molecule has 0 saturated carbocycles. The van der Waals surface area contributed by atoms with E-state index in [2.05, 4.69) is 9.88 Å². The van der Waals surface area contributed by atoms with Crippen molar-refractivity contribution in [2.24, 2.45) is 0 Å². The third-order valence-electron chi connectivity index (χ3n) is 6.00. The lowest BCUT2D eigenvalue weighted by Crippen LogP contribution is -2.49. The minimum atomic E-state index is 0. The van der Waals surface area contributed by atoms with Crippen LogP contribution in [0.25, 0.3) is 5.13 Å². The van der Waals surface area contributed by atoms with Gasteiger partial charge >= 0.3 is 0 Å². The van der Waals surface area contributed by atoms with Crippen molar-refractivity contribution in [3.8, 4) is 5.13 Å². The smallest absolute Gasteiger partial charge is 0.266 e. The van der Waals surface area contributed by atoms with Gasteiger partial charge in [0.25, 0.3) is 5.91 Å². The minimum absolute atomic E-state index is 0. The van der Waals surface area contributed by atoms with Gasteiger partial charge in [-0.05, 0) is 32.4 Å². The SMILES string of the molecule is Cc1nc(-n2nc(C)c(Cc3ccccc3Cl)c2C)sc1C(=O)N1CCN(CCO)CC1.Cl. The average Bonchev–Trinajstić information content (AvgIpc) is 3.30. The van der Waals surface area contributed by atoms with Crippen molar-refractivity contribution in [3.63, 3.8) is 0 Å². The second-order valence-electron chi connectivity index (χ2n) is 8.10. The van der Waals surface area contributed by atoms with E-state index in [1.54, 1.807) is 0 Å². The quantitative estimate of drug-likeness (QED) is 0.548. The number of β-amino-alcohol motifs (C(OH)–C–C–N with tert-alkyl or cyclic N) is 1. The molecule has 3 heterocycles. The van der Waals surface area contributed by atoms with E-state index in [0.29, 0.717) is 36.1 Å². The van der Waals surface area contributed by atoms with Crippen LogP contribution in [0.1, 0.15) is 37.9 Å². The van der Waals surface area contributed by atoms with Gasteiger partial charge < -0.3 is 10.0 Å². The number of thiazole rings is 1. The van der Waals surface area contributed by atoms with Crippen LogP contribution in [0.15, 0.2) is 24.3 Å². The third-order valence-corrected chi connectivity index (χ3v) is 7.49. The van der Waals surface area contributed by atoms with Gasteiger partial charge in [-0.3, -0.25) is 9.69 Å². The summed E-state index contributed by atoms with van der Waals surface area (Å²) in [5.41, 5.74) is 4.86. The first-order valence-electron chi connectivity index (χ1n) is 10.8. The number of aliphatic hydroxyl groups excluding tert-OH is 1. The summed E-state index contributed by atoms with van der Waals surface area (Å²) < 4.78 is 1.84. The van der Waals surface area contributed by atoms with Crippen LogP contribution in [0.5, 0.6) is 0 Å². The predicted octanol–water partition coefficient (Wildman–Crippen LogP) is 3.67. The van der Waals surface area contributed by atoms with Gasteiger partial charge in [-0.1, -0.05) is 41.1 Å². The maximum absolute atomic E-state index is 13.1. The van der Waals surface area contributed by atoms with Crippen molar-refractivity contribution in [2.45, 2.75) is 27.2 Å². The molecule has 7 nitrogen and oxygen atoms in total. The number of benzene rings is 1. The molecule has 1 amide bonds. The number of nitrogens with zero attached hydrogens (tertiary/aromatic N) is 5. The molecule has 10 heteroatoms. The number of hydrogen-bond donors (Lipinski definition) is 1. The Morgan fingerprint density at radius 1 is 1.12 bits per heavy atom. The van der Waals surface area contributed by atoms with E-state index in [9.17, 15) is 4.79 Å². The van der Waals surface area contributed by atoms with Crippen molar-refractivity contribution in [1.29, 1.82) is 0 Å². The Balaban J connectivity index is 0.00000306. The maximum atomic E-state index is 13.1. The molecule has 2 aromatic heterocycles. The van der Waals surface area contributed by atoms with Crippen LogP contribution in [0.2, 0.25) is 5.02 Å². The van der Waals surface area contributed by atoms with Gasteiger partial charge in [-0.25, -0.2) is 9.67 Å². The summed E-state index contributed by atoms with van der Waals surface area (Å²) in [4.78, 5) is 22.5. The molecule has 1 aliphatic heterocycles. The lowest BCUT2D eigenvalue weighted by molar-refractivity contribution is 0.0618. The number of carbonyl (C=O) groups excluding carboxylic acids is 1. The Kier molecular flexibility index (Phi) is 8.53. The average molecular weight is 510 g/mol. The maximum Gasteiger partial charge on any atom is 0.266 e. The minimum Gasteiger partial charge on any atom is -0.395 e. The molecule has 1 aromatic carbocycles. The van der Waals surface area contributed by atoms with Crippen LogP contribution in [0.4, 0.5) is 0 Å². The summed E-state index contributed by atoms with van der Waals surface area (Å²) in [7, 11) is 0. The van der Waals surface area contributed by atoms with Crippen LogP contribution < -0.4 is 0 Å². The van der Waals surface area contributed by atoms with E-state index in [0.717, 1.165) is 46.3 Å². The van der Waals surface area contributed by atoms with E-state index in [1.807, 2.05) is 54.6 Å². The third kappa shape index (κ3) is 5.41. The number of aliphatic hydroxyl groups is 1. The van der Waals surface area contributed by atoms with Gasteiger partial charge in [0.05, 0.1) is 18.0 Å². The molecule has 33 heavy (non-hydrogen) atoms. The van der Waals surface area contributed by atoms with E-state index < -0.39 is 0 Å². The normalized spacial score (nSPS) is 14.4. The number of amides is 1. The van der Waals surface area contributed by atoms with Crippen LogP contribution >= 0.6 is 35.3 Å². The van der Waals surface area contributed by atoms with Gasteiger partial charge in [0.15, 0.2) is 0 Å². The van der Waals surface area contributed by atoms with Crippen molar-refractivity contribution >= 4 is 41.3 Å². The van der Waals surface area contributed by atoms with E-state index in [4.69, 9.17) is 21.8 Å². The fourth-order valence-corrected chi connectivity index (χ4v) is 5.32. The van der Waals surface area contributed by atoms with Crippen LogP contribution in [0.3, 0.4) is 0 Å². The largest absolute Gasteiger partial charge is 0.395 e. The molecule has 0 aliphatic carbocycles. The summed E-state index contributed by atoms with van der Waals surface area (Å²) in [6, 6.07) is 7.85. The van der Waals surface area contributed by atoms with E-state index >= 15 is 0 Å². The first kappa shape index (κ1) is 25.6. The number of piperazine rings is 1.